The van der Waals surface area contributed by atoms with Crippen molar-refractivity contribution in [2.24, 2.45) is 0 Å². The SMILES string of the molecule is C[C@H]1O[C@@H](O[C@H]2[C@H](Oc3cc(O)c4c(=O)cc(-c5ccc(O)cc5)oc4c3)O[C@@H](CO)[C@@H](O)[C@H]2O)[C@@H](O)[C@@H](O)[C@H]1O. The highest BCUT2D eigenvalue weighted by atomic mass is 16.8. The van der Waals surface area contributed by atoms with E-state index in [1.807, 2.05) is 0 Å². The molecule has 8 N–H and O–H groups in total. The van der Waals surface area contributed by atoms with Crippen LogP contribution < -0.4 is 10.2 Å². The molecule has 2 aliphatic rings. The lowest BCUT2D eigenvalue weighted by Gasteiger charge is -2.45. The van der Waals surface area contributed by atoms with Crippen molar-refractivity contribution in [3.05, 3.63) is 52.7 Å². The average Bonchev–Trinajstić information content (AvgIpc) is 2.94. The normalized spacial score (nSPS) is 34.0. The molecule has 2 fully saturated rings. The number of benzene rings is 2. The smallest absolute Gasteiger partial charge is 0.229 e. The summed E-state index contributed by atoms with van der Waals surface area (Å²) in [5.41, 5.74) is -0.182. The second-order valence-electron chi connectivity index (χ2n) is 9.94. The van der Waals surface area contributed by atoms with Gasteiger partial charge in [-0.3, -0.25) is 4.79 Å². The highest BCUT2D eigenvalue weighted by Gasteiger charge is 2.50. The third-order valence-electron chi connectivity index (χ3n) is 7.11. The van der Waals surface area contributed by atoms with E-state index in [-0.39, 0.29) is 28.2 Å². The summed E-state index contributed by atoms with van der Waals surface area (Å²) >= 11 is 0. The summed E-state index contributed by atoms with van der Waals surface area (Å²) in [5.74, 6) is -0.498. The van der Waals surface area contributed by atoms with E-state index >= 15 is 0 Å². The maximum atomic E-state index is 12.8. The van der Waals surface area contributed by atoms with Gasteiger partial charge in [0.25, 0.3) is 0 Å². The van der Waals surface area contributed by atoms with Crippen LogP contribution in [0.15, 0.2) is 51.7 Å². The Morgan fingerprint density at radius 1 is 0.829 bits per heavy atom. The first-order chi connectivity index (χ1) is 19.5. The number of phenolic OH excluding ortho intramolecular Hbond substituents is 2. The quantitative estimate of drug-likeness (QED) is 0.174. The van der Waals surface area contributed by atoms with Gasteiger partial charge in [-0.25, -0.2) is 0 Å². The molecule has 41 heavy (non-hydrogen) atoms. The zero-order chi connectivity index (χ0) is 29.6. The molecule has 0 aliphatic carbocycles. The van der Waals surface area contributed by atoms with Crippen LogP contribution in [-0.2, 0) is 14.2 Å². The van der Waals surface area contributed by atoms with Crippen LogP contribution in [0.4, 0.5) is 0 Å². The fourth-order valence-electron chi connectivity index (χ4n) is 4.79. The van der Waals surface area contributed by atoms with Gasteiger partial charge in [0.2, 0.25) is 6.29 Å². The lowest BCUT2D eigenvalue weighted by molar-refractivity contribution is -0.354. The molecular weight excluding hydrogens is 548 g/mol. The Labute approximate surface area is 231 Å². The second-order valence-corrected chi connectivity index (χ2v) is 9.94. The van der Waals surface area contributed by atoms with E-state index in [2.05, 4.69) is 0 Å². The van der Waals surface area contributed by atoms with Crippen molar-refractivity contribution in [1.29, 1.82) is 0 Å². The third kappa shape index (κ3) is 5.61. The summed E-state index contributed by atoms with van der Waals surface area (Å²) in [6.45, 7) is 0.704. The molecule has 0 radical (unpaired) electrons. The van der Waals surface area contributed by atoms with E-state index in [0.717, 1.165) is 6.07 Å². The number of fused-ring (bicyclic) bond motifs is 1. The molecule has 2 saturated heterocycles. The van der Waals surface area contributed by atoms with Crippen LogP contribution in [0.2, 0.25) is 0 Å². The zero-order valence-electron chi connectivity index (χ0n) is 21.5. The predicted octanol–water partition coefficient (Wildman–Crippen LogP) is -1.10. The van der Waals surface area contributed by atoms with E-state index < -0.39 is 79.2 Å². The number of aliphatic hydroxyl groups is 6. The minimum Gasteiger partial charge on any atom is -0.508 e. The van der Waals surface area contributed by atoms with Crippen LogP contribution in [0.3, 0.4) is 0 Å². The number of aliphatic hydroxyl groups excluding tert-OH is 6. The lowest BCUT2D eigenvalue weighted by atomic mass is 9.97. The van der Waals surface area contributed by atoms with Crippen molar-refractivity contribution in [3.8, 4) is 28.6 Å². The standard InChI is InChI=1S/C27H30O14/c1-10-20(32)22(34)24(36)26(37-10)41-25-23(35)21(33)18(9-28)40-27(25)38-13-6-14(30)19-15(31)8-16(39-17(19)7-13)11-2-4-12(29)5-3-11/h2-8,10,18,20-30,32-36H,9H2,1H3/t10-,18+,20+,21-,22+,23-,24+,25-,26+,27-/m1/s1. The van der Waals surface area contributed by atoms with Gasteiger partial charge >= 0.3 is 0 Å². The first kappa shape index (κ1) is 29.2. The topological polar surface area (TPSA) is 229 Å². The van der Waals surface area contributed by atoms with Gasteiger partial charge in [-0.05, 0) is 31.2 Å². The summed E-state index contributed by atoms with van der Waals surface area (Å²) < 4.78 is 28.4. The molecule has 2 aliphatic heterocycles. The Bertz CT molecular complexity index is 1420. The van der Waals surface area contributed by atoms with Crippen molar-refractivity contribution in [2.75, 3.05) is 6.61 Å². The molecule has 0 bridgehead atoms. The highest BCUT2D eigenvalue weighted by molar-refractivity contribution is 5.86. The molecule has 5 rings (SSSR count). The van der Waals surface area contributed by atoms with Crippen LogP contribution >= 0.6 is 0 Å². The molecule has 0 amide bonds. The number of hydrogen-bond donors (Lipinski definition) is 8. The Morgan fingerprint density at radius 3 is 2.22 bits per heavy atom. The first-order valence-corrected chi connectivity index (χ1v) is 12.7. The lowest BCUT2D eigenvalue weighted by Crippen LogP contribution is -2.64. The number of aromatic hydroxyl groups is 2. The fraction of sp³-hybridized carbons (Fsp3) is 0.444. The van der Waals surface area contributed by atoms with E-state index in [1.54, 1.807) is 0 Å². The Morgan fingerprint density at radius 2 is 1.54 bits per heavy atom. The summed E-state index contributed by atoms with van der Waals surface area (Å²) in [6, 6.07) is 9.38. The van der Waals surface area contributed by atoms with Crippen LogP contribution in [-0.4, -0.2) is 109 Å². The number of hydrogen-bond acceptors (Lipinski definition) is 14. The molecule has 0 unspecified atom stereocenters. The third-order valence-corrected chi connectivity index (χ3v) is 7.11. The fourth-order valence-corrected chi connectivity index (χ4v) is 4.79. The monoisotopic (exact) mass is 578 g/mol. The van der Waals surface area contributed by atoms with Crippen molar-refractivity contribution >= 4 is 11.0 Å². The van der Waals surface area contributed by atoms with Crippen LogP contribution in [0.25, 0.3) is 22.3 Å². The summed E-state index contributed by atoms with van der Waals surface area (Å²) in [4.78, 5) is 12.8. The highest BCUT2D eigenvalue weighted by Crippen LogP contribution is 2.35. The Hall–Kier alpha value is -3.31. The van der Waals surface area contributed by atoms with Crippen molar-refractivity contribution < 1.29 is 64.2 Å². The van der Waals surface area contributed by atoms with Gasteiger partial charge in [0.1, 0.15) is 70.6 Å². The van der Waals surface area contributed by atoms with Gasteiger partial charge < -0.3 is 64.2 Å². The van der Waals surface area contributed by atoms with E-state index in [0.29, 0.717) is 5.56 Å². The van der Waals surface area contributed by atoms with Crippen molar-refractivity contribution in [2.45, 2.75) is 68.3 Å². The molecule has 3 heterocycles. The number of ether oxygens (including phenoxy) is 4. The van der Waals surface area contributed by atoms with Gasteiger partial charge in [-0.15, -0.1) is 0 Å². The first-order valence-electron chi connectivity index (χ1n) is 12.7. The zero-order valence-corrected chi connectivity index (χ0v) is 21.5. The molecule has 1 aromatic heterocycles. The molecule has 3 aromatic rings. The molecule has 14 heteroatoms. The number of rotatable bonds is 6. The summed E-state index contributed by atoms with van der Waals surface area (Å²) in [5, 5.41) is 81.4. The molecule has 10 atom stereocenters. The van der Waals surface area contributed by atoms with Gasteiger partial charge in [-0.2, -0.15) is 0 Å². The van der Waals surface area contributed by atoms with Gasteiger partial charge in [0.05, 0.1) is 12.7 Å². The molecular formula is C27H30O14. The summed E-state index contributed by atoms with van der Waals surface area (Å²) in [7, 11) is 0. The molecule has 0 spiro atoms. The maximum absolute atomic E-state index is 12.8. The minimum absolute atomic E-state index is 0.00857. The molecule has 0 saturated carbocycles. The van der Waals surface area contributed by atoms with E-state index in [9.17, 15) is 45.6 Å². The van der Waals surface area contributed by atoms with Gasteiger partial charge in [0, 0.05) is 23.8 Å². The number of phenols is 2. The van der Waals surface area contributed by atoms with E-state index in [1.165, 1.54) is 43.3 Å². The minimum atomic E-state index is -1.76. The van der Waals surface area contributed by atoms with Crippen molar-refractivity contribution in [1.82, 2.24) is 0 Å². The second kappa shape index (κ2) is 11.5. The molecule has 2 aromatic carbocycles. The predicted molar refractivity (Wildman–Crippen MR) is 137 cm³/mol. The van der Waals surface area contributed by atoms with Crippen molar-refractivity contribution in [3.63, 3.8) is 0 Å². The maximum Gasteiger partial charge on any atom is 0.229 e. The summed E-state index contributed by atoms with van der Waals surface area (Å²) in [6.07, 6.45) is -15.3. The molecule has 222 valence electrons. The van der Waals surface area contributed by atoms with Crippen LogP contribution in [0, 0.1) is 0 Å². The molecule has 14 nitrogen and oxygen atoms in total. The largest absolute Gasteiger partial charge is 0.508 e. The van der Waals surface area contributed by atoms with Crippen LogP contribution in [0.5, 0.6) is 17.2 Å². The Kier molecular flexibility index (Phi) is 8.20. The van der Waals surface area contributed by atoms with Gasteiger partial charge in [-0.1, -0.05) is 0 Å². The average molecular weight is 579 g/mol. The Balaban J connectivity index is 1.47. The van der Waals surface area contributed by atoms with E-state index in [4.69, 9.17) is 23.4 Å². The van der Waals surface area contributed by atoms with Gasteiger partial charge in [0.15, 0.2) is 17.8 Å². The van der Waals surface area contributed by atoms with Crippen LogP contribution in [0.1, 0.15) is 6.92 Å².